The Morgan fingerprint density at radius 1 is 1.41 bits per heavy atom. The minimum atomic E-state index is -1.18. The number of nitrogens with one attached hydrogen (secondary N) is 2. The molecule has 0 bridgehead atoms. The summed E-state index contributed by atoms with van der Waals surface area (Å²) in [5.41, 5.74) is -0.796. The summed E-state index contributed by atoms with van der Waals surface area (Å²) in [5, 5.41) is 16.7. The number of carbonyl (C=O) groups is 1. The normalized spacial score (nSPS) is 13.4. The number of hydrogen-bond donors (Lipinski definition) is 3. The smallest absolute Gasteiger partial charge is 0.341 e. The lowest BCUT2D eigenvalue weighted by Gasteiger charge is -2.22. The summed E-state index contributed by atoms with van der Waals surface area (Å²) in [6.45, 7) is 6.38. The Balaban J connectivity index is 0.00000364. The molecule has 0 aliphatic carbocycles. The predicted molar refractivity (Wildman–Crippen MR) is 111 cm³/mol. The molecule has 0 radical (unpaired) electrons. The van der Waals surface area contributed by atoms with Gasteiger partial charge in [-0.1, -0.05) is 0 Å². The van der Waals surface area contributed by atoms with E-state index in [1.807, 2.05) is 6.92 Å². The summed E-state index contributed by atoms with van der Waals surface area (Å²) in [6, 6.07) is 5.06. The van der Waals surface area contributed by atoms with Gasteiger partial charge in [0, 0.05) is 6.54 Å². The van der Waals surface area contributed by atoms with E-state index < -0.39 is 11.6 Å². The Kier molecular flexibility index (Phi) is 8.83. The molecule has 0 saturated heterocycles. The van der Waals surface area contributed by atoms with E-state index in [2.05, 4.69) is 15.6 Å². The highest BCUT2D eigenvalue weighted by molar-refractivity contribution is 14.0. The van der Waals surface area contributed by atoms with Crippen molar-refractivity contribution in [2.45, 2.75) is 32.9 Å². The lowest BCUT2D eigenvalue weighted by molar-refractivity contribution is 0.0385. The van der Waals surface area contributed by atoms with Crippen LogP contribution in [0.5, 0.6) is 0 Å². The first-order valence-corrected chi connectivity index (χ1v) is 8.33. The summed E-state index contributed by atoms with van der Waals surface area (Å²) in [4.78, 5) is 16.0. The molecule has 0 fully saturated rings. The van der Waals surface area contributed by atoms with E-state index in [1.54, 1.807) is 32.0 Å². The average Bonchev–Trinajstić information content (AvgIpc) is 3.27. The van der Waals surface area contributed by atoms with E-state index in [1.165, 1.54) is 13.4 Å². The summed E-state index contributed by atoms with van der Waals surface area (Å²) >= 11 is 0. The van der Waals surface area contributed by atoms with Gasteiger partial charge in [-0.05, 0) is 39.0 Å². The van der Waals surface area contributed by atoms with Gasteiger partial charge in [0.15, 0.2) is 5.96 Å². The van der Waals surface area contributed by atoms with Crippen LogP contribution in [0.25, 0.3) is 0 Å². The molecule has 0 aliphatic heterocycles. The van der Waals surface area contributed by atoms with Crippen molar-refractivity contribution in [2.75, 3.05) is 20.2 Å². The standard InChI is InChI=1S/C18H25N3O5.HI/c1-5-19-17(21-11-18(3,23)15-7-6-8-25-15)20-10-13-9-14(12(2)26-13)16(22)24-4;/h6-9,23H,5,10-11H2,1-4H3,(H2,19,20,21);1H. The molecule has 3 N–H and O–H groups in total. The second-order valence-electron chi connectivity index (χ2n) is 5.97. The number of esters is 1. The van der Waals surface area contributed by atoms with Gasteiger partial charge in [-0.3, -0.25) is 0 Å². The van der Waals surface area contributed by atoms with Crippen molar-refractivity contribution in [3.63, 3.8) is 0 Å². The monoisotopic (exact) mass is 491 g/mol. The van der Waals surface area contributed by atoms with Gasteiger partial charge in [0.05, 0.1) is 19.9 Å². The van der Waals surface area contributed by atoms with Crippen molar-refractivity contribution in [3.05, 3.63) is 47.3 Å². The number of furan rings is 2. The topological polar surface area (TPSA) is 109 Å². The van der Waals surface area contributed by atoms with Crippen LogP contribution in [0.3, 0.4) is 0 Å². The van der Waals surface area contributed by atoms with Crippen LogP contribution in [0.1, 0.15) is 41.5 Å². The van der Waals surface area contributed by atoms with Crippen LogP contribution in [0.15, 0.2) is 38.3 Å². The third-order valence-corrected chi connectivity index (χ3v) is 3.76. The molecular weight excluding hydrogens is 465 g/mol. The molecular formula is C18H26IN3O5. The first-order valence-electron chi connectivity index (χ1n) is 8.33. The van der Waals surface area contributed by atoms with E-state index in [0.29, 0.717) is 35.3 Å². The number of ether oxygens (including phenoxy) is 1. The fourth-order valence-electron chi connectivity index (χ4n) is 2.36. The van der Waals surface area contributed by atoms with Gasteiger partial charge in [-0.2, -0.15) is 0 Å². The van der Waals surface area contributed by atoms with Crippen LogP contribution in [0.4, 0.5) is 0 Å². The van der Waals surface area contributed by atoms with Crippen molar-refractivity contribution >= 4 is 35.9 Å². The Labute approximate surface area is 175 Å². The number of halogens is 1. The van der Waals surface area contributed by atoms with Crippen molar-refractivity contribution in [2.24, 2.45) is 4.99 Å². The van der Waals surface area contributed by atoms with Crippen molar-refractivity contribution in [1.82, 2.24) is 10.6 Å². The van der Waals surface area contributed by atoms with E-state index in [0.717, 1.165) is 0 Å². The number of carbonyl (C=O) groups excluding carboxylic acids is 1. The minimum absolute atomic E-state index is 0. The Morgan fingerprint density at radius 2 is 2.15 bits per heavy atom. The van der Waals surface area contributed by atoms with E-state index in [9.17, 15) is 9.90 Å². The Hall–Kier alpha value is -2.01. The second kappa shape index (κ2) is 10.4. The van der Waals surface area contributed by atoms with Gasteiger partial charge in [-0.25, -0.2) is 9.79 Å². The fourth-order valence-corrected chi connectivity index (χ4v) is 2.36. The molecule has 2 rings (SSSR count). The molecule has 0 aliphatic rings. The van der Waals surface area contributed by atoms with Crippen molar-refractivity contribution in [1.29, 1.82) is 0 Å². The van der Waals surface area contributed by atoms with Crippen LogP contribution in [0, 0.1) is 6.92 Å². The molecule has 27 heavy (non-hydrogen) atoms. The lowest BCUT2D eigenvalue weighted by atomic mass is 10.0. The second-order valence-corrected chi connectivity index (χ2v) is 5.97. The summed E-state index contributed by atoms with van der Waals surface area (Å²) < 4.78 is 15.5. The number of methoxy groups -OCH3 is 1. The summed E-state index contributed by atoms with van der Waals surface area (Å²) in [5.74, 6) is 1.55. The maximum Gasteiger partial charge on any atom is 0.341 e. The number of aliphatic hydroxyl groups is 1. The van der Waals surface area contributed by atoms with Gasteiger partial charge >= 0.3 is 5.97 Å². The van der Waals surface area contributed by atoms with Crippen LogP contribution < -0.4 is 10.6 Å². The molecule has 1 atom stereocenters. The Morgan fingerprint density at radius 3 is 2.74 bits per heavy atom. The largest absolute Gasteiger partial charge is 0.466 e. The highest BCUT2D eigenvalue weighted by Crippen LogP contribution is 2.20. The van der Waals surface area contributed by atoms with Crippen LogP contribution in [-0.4, -0.2) is 37.2 Å². The highest BCUT2D eigenvalue weighted by atomic mass is 127. The molecule has 1 unspecified atom stereocenters. The van der Waals surface area contributed by atoms with E-state index in [-0.39, 0.29) is 37.1 Å². The molecule has 0 spiro atoms. The summed E-state index contributed by atoms with van der Waals surface area (Å²) in [6.07, 6.45) is 1.52. The SMILES string of the molecule is CCNC(=NCc1cc(C(=O)OC)c(C)o1)NCC(C)(O)c1ccco1.I. The van der Waals surface area contributed by atoms with Gasteiger partial charge in [0.2, 0.25) is 0 Å². The molecule has 0 saturated carbocycles. The lowest BCUT2D eigenvalue weighted by Crippen LogP contribution is -2.44. The quantitative estimate of drug-likeness (QED) is 0.237. The van der Waals surface area contributed by atoms with Gasteiger partial charge in [0.1, 0.15) is 35.0 Å². The highest BCUT2D eigenvalue weighted by Gasteiger charge is 2.26. The fraction of sp³-hybridized carbons (Fsp3) is 0.444. The molecule has 2 aromatic heterocycles. The molecule has 0 amide bonds. The third-order valence-electron chi connectivity index (χ3n) is 3.76. The minimum Gasteiger partial charge on any atom is -0.466 e. The number of guanidine groups is 1. The predicted octanol–water partition coefficient (Wildman–Crippen LogP) is 2.55. The number of nitrogens with zero attached hydrogens (tertiary/aromatic N) is 1. The first-order chi connectivity index (χ1) is 12.4. The molecule has 8 nitrogen and oxygen atoms in total. The van der Waals surface area contributed by atoms with E-state index >= 15 is 0 Å². The van der Waals surface area contributed by atoms with Gasteiger partial charge in [0.25, 0.3) is 0 Å². The van der Waals surface area contributed by atoms with Crippen molar-refractivity contribution in [3.8, 4) is 0 Å². The number of aliphatic imine (C=N–C) groups is 1. The van der Waals surface area contributed by atoms with Crippen LogP contribution in [-0.2, 0) is 16.9 Å². The summed E-state index contributed by atoms with van der Waals surface area (Å²) in [7, 11) is 1.32. The molecule has 150 valence electrons. The average molecular weight is 491 g/mol. The van der Waals surface area contributed by atoms with Crippen molar-refractivity contribution < 1.29 is 23.5 Å². The van der Waals surface area contributed by atoms with Gasteiger partial charge in [-0.15, -0.1) is 24.0 Å². The molecule has 9 heteroatoms. The number of rotatable bonds is 7. The Bertz CT molecular complexity index is 753. The number of aryl methyl sites for hydroxylation is 1. The maximum atomic E-state index is 11.6. The first kappa shape index (κ1) is 23.0. The van der Waals surface area contributed by atoms with E-state index in [4.69, 9.17) is 13.6 Å². The van der Waals surface area contributed by atoms with Crippen LogP contribution in [0.2, 0.25) is 0 Å². The van der Waals surface area contributed by atoms with Crippen LogP contribution >= 0.6 is 24.0 Å². The molecule has 2 heterocycles. The zero-order valence-corrected chi connectivity index (χ0v) is 18.2. The third kappa shape index (κ3) is 6.28. The maximum absolute atomic E-state index is 11.6. The zero-order valence-electron chi connectivity index (χ0n) is 15.9. The zero-order chi connectivity index (χ0) is 19.2. The molecule has 0 aromatic carbocycles. The number of hydrogen-bond acceptors (Lipinski definition) is 6. The molecule has 2 aromatic rings. The van der Waals surface area contributed by atoms with Gasteiger partial charge < -0.3 is 29.3 Å².